The van der Waals surface area contributed by atoms with E-state index < -0.39 is 0 Å². The van der Waals surface area contributed by atoms with Crippen LogP contribution in [-0.4, -0.2) is 26.9 Å². The molecular weight excluding hydrogens is 420 g/mol. The third-order valence-corrected chi connectivity index (χ3v) is 7.39. The number of thioether (sulfide) groups is 1. The summed E-state index contributed by atoms with van der Waals surface area (Å²) in [7, 11) is 1.67. The van der Waals surface area contributed by atoms with E-state index in [0.29, 0.717) is 0 Å². The monoisotopic (exact) mass is 436 g/mol. The molecule has 8 heteroatoms. The molecule has 0 fully saturated rings. The number of benzene rings is 2. The Morgan fingerprint density at radius 2 is 1.86 bits per heavy atom. The van der Waals surface area contributed by atoms with E-state index in [1.54, 1.807) is 41.5 Å². The van der Waals surface area contributed by atoms with Crippen molar-refractivity contribution >= 4 is 44.7 Å². The minimum Gasteiger partial charge on any atom is -0.497 e. The molecule has 5 nitrogen and oxygen atoms in total. The maximum atomic E-state index is 5.30. The van der Waals surface area contributed by atoms with Crippen LogP contribution < -0.4 is 4.74 Å². The van der Waals surface area contributed by atoms with E-state index in [9.17, 15) is 0 Å². The van der Waals surface area contributed by atoms with Gasteiger partial charge in [-0.05, 0) is 47.8 Å². The fourth-order valence-corrected chi connectivity index (χ4v) is 5.61. The summed E-state index contributed by atoms with van der Waals surface area (Å²) in [5.41, 5.74) is 2.05. The molecule has 0 unspecified atom stereocenters. The molecule has 0 amide bonds. The molecule has 0 spiro atoms. The number of aromatic nitrogens is 4. The Balaban J connectivity index is 1.50. The van der Waals surface area contributed by atoms with E-state index in [-0.39, 0.29) is 0 Å². The Labute approximate surface area is 180 Å². The Kier molecular flexibility index (Phi) is 5.05. The van der Waals surface area contributed by atoms with Gasteiger partial charge in [0.15, 0.2) is 11.0 Å². The van der Waals surface area contributed by atoms with Crippen LogP contribution in [0.5, 0.6) is 5.75 Å². The molecule has 0 radical (unpaired) electrons. The summed E-state index contributed by atoms with van der Waals surface area (Å²) in [6, 6.07) is 20.3. The number of thiazole rings is 1. The van der Waals surface area contributed by atoms with E-state index in [0.717, 1.165) is 43.6 Å². The lowest BCUT2D eigenvalue weighted by atomic mass is 10.3. The minimum atomic E-state index is 0.748. The predicted molar refractivity (Wildman–Crippen MR) is 120 cm³/mol. The molecule has 5 aromatic rings. The van der Waals surface area contributed by atoms with Gasteiger partial charge in [-0.15, -0.1) is 32.9 Å². The lowest BCUT2D eigenvalue weighted by Gasteiger charge is -2.10. The van der Waals surface area contributed by atoms with Gasteiger partial charge in [0.1, 0.15) is 10.8 Å². The summed E-state index contributed by atoms with van der Waals surface area (Å²) in [5.74, 6) is 2.41. The second-order valence-corrected chi connectivity index (χ2v) is 9.19. The largest absolute Gasteiger partial charge is 0.497 e. The van der Waals surface area contributed by atoms with Gasteiger partial charge in [0.05, 0.1) is 33.6 Å². The van der Waals surface area contributed by atoms with Crippen molar-refractivity contribution < 1.29 is 4.74 Å². The van der Waals surface area contributed by atoms with E-state index in [4.69, 9.17) is 9.72 Å². The molecule has 5 rings (SSSR count). The summed E-state index contributed by atoms with van der Waals surface area (Å²) in [6.45, 7) is 0. The average Bonchev–Trinajstić information content (AvgIpc) is 3.51. The van der Waals surface area contributed by atoms with Crippen LogP contribution in [0, 0.1) is 0 Å². The summed E-state index contributed by atoms with van der Waals surface area (Å²) in [6.07, 6.45) is 0. The van der Waals surface area contributed by atoms with Crippen LogP contribution in [-0.2, 0) is 5.75 Å². The molecule has 0 saturated heterocycles. The number of ether oxygens (including phenoxy) is 1. The minimum absolute atomic E-state index is 0.748. The molecule has 0 bridgehead atoms. The standard InChI is InChI=1S/C21H16N4OS3/c1-26-15-10-8-14(9-11-15)25-20(18-7-4-12-27-18)23-24-21(25)28-13-19-22-16-5-2-3-6-17(16)29-19/h2-12H,13H2,1H3. The van der Waals surface area contributed by atoms with Crippen molar-refractivity contribution in [2.24, 2.45) is 0 Å². The number of nitrogens with zero attached hydrogens (tertiary/aromatic N) is 4. The zero-order valence-electron chi connectivity index (χ0n) is 15.5. The first-order valence-electron chi connectivity index (χ1n) is 8.93. The van der Waals surface area contributed by atoms with E-state index >= 15 is 0 Å². The number of methoxy groups -OCH3 is 1. The maximum Gasteiger partial charge on any atom is 0.196 e. The number of rotatable bonds is 6. The molecule has 0 aliphatic heterocycles. The summed E-state index contributed by atoms with van der Waals surface area (Å²) in [5, 5.41) is 13.0. The van der Waals surface area contributed by atoms with Crippen LogP contribution >= 0.6 is 34.4 Å². The van der Waals surface area contributed by atoms with Gasteiger partial charge >= 0.3 is 0 Å². The van der Waals surface area contributed by atoms with Gasteiger partial charge in [-0.2, -0.15) is 0 Å². The second-order valence-electron chi connectivity index (χ2n) is 6.18. The zero-order chi connectivity index (χ0) is 19.6. The molecule has 0 aliphatic rings. The van der Waals surface area contributed by atoms with Gasteiger partial charge in [-0.3, -0.25) is 4.57 Å². The molecule has 3 heterocycles. The first-order valence-corrected chi connectivity index (χ1v) is 11.6. The third-order valence-electron chi connectivity index (χ3n) is 4.37. The maximum absolute atomic E-state index is 5.30. The average molecular weight is 437 g/mol. The fourth-order valence-electron chi connectivity index (χ4n) is 3.00. The number of para-hydroxylation sites is 1. The van der Waals surface area contributed by atoms with Crippen molar-refractivity contribution in [3.63, 3.8) is 0 Å². The predicted octanol–water partition coefficient (Wildman–Crippen LogP) is 5.91. The number of thiophene rings is 1. The smallest absolute Gasteiger partial charge is 0.196 e. The second kappa shape index (κ2) is 7.98. The van der Waals surface area contributed by atoms with Gasteiger partial charge in [0.2, 0.25) is 0 Å². The van der Waals surface area contributed by atoms with Gasteiger partial charge < -0.3 is 4.74 Å². The van der Waals surface area contributed by atoms with Crippen molar-refractivity contribution in [3.8, 4) is 22.1 Å². The summed E-state index contributed by atoms with van der Waals surface area (Å²) < 4.78 is 8.61. The first-order chi connectivity index (χ1) is 14.3. The van der Waals surface area contributed by atoms with E-state index in [2.05, 4.69) is 38.3 Å². The number of fused-ring (bicyclic) bond motifs is 1. The van der Waals surface area contributed by atoms with Gasteiger partial charge in [0.25, 0.3) is 0 Å². The van der Waals surface area contributed by atoms with Crippen LogP contribution in [0.1, 0.15) is 5.01 Å². The Morgan fingerprint density at radius 1 is 1.00 bits per heavy atom. The van der Waals surface area contributed by atoms with Crippen molar-refractivity contribution in [1.82, 2.24) is 19.7 Å². The van der Waals surface area contributed by atoms with Gasteiger partial charge in [0, 0.05) is 0 Å². The van der Waals surface area contributed by atoms with Crippen LogP contribution in [0.25, 0.3) is 26.6 Å². The molecular formula is C21H16N4OS3. The highest BCUT2D eigenvalue weighted by Gasteiger charge is 2.17. The SMILES string of the molecule is COc1ccc(-n2c(SCc3nc4ccccc4s3)nnc2-c2cccs2)cc1. The first kappa shape index (κ1) is 18.4. The van der Waals surface area contributed by atoms with Crippen LogP contribution in [0.4, 0.5) is 0 Å². The highest BCUT2D eigenvalue weighted by molar-refractivity contribution is 7.98. The highest BCUT2D eigenvalue weighted by Crippen LogP contribution is 2.33. The summed E-state index contributed by atoms with van der Waals surface area (Å²) >= 11 is 5.03. The van der Waals surface area contributed by atoms with Crippen molar-refractivity contribution in [2.45, 2.75) is 10.9 Å². The van der Waals surface area contributed by atoms with Crippen LogP contribution in [0.3, 0.4) is 0 Å². The van der Waals surface area contributed by atoms with Crippen molar-refractivity contribution in [1.29, 1.82) is 0 Å². The lowest BCUT2D eigenvalue weighted by molar-refractivity contribution is 0.414. The quantitative estimate of drug-likeness (QED) is 0.310. The molecule has 2 aromatic carbocycles. The third kappa shape index (κ3) is 3.66. The molecule has 0 atom stereocenters. The normalized spacial score (nSPS) is 11.2. The van der Waals surface area contributed by atoms with Gasteiger partial charge in [-0.25, -0.2) is 4.98 Å². The number of hydrogen-bond donors (Lipinski definition) is 0. The topological polar surface area (TPSA) is 52.8 Å². The van der Waals surface area contributed by atoms with Crippen LogP contribution in [0.2, 0.25) is 0 Å². The molecule has 144 valence electrons. The van der Waals surface area contributed by atoms with Crippen molar-refractivity contribution in [3.05, 3.63) is 71.1 Å². The molecule has 0 aliphatic carbocycles. The highest BCUT2D eigenvalue weighted by atomic mass is 32.2. The van der Waals surface area contributed by atoms with Crippen LogP contribution in [0.15, 0.2) is 71.2 Å². The zero-order valence-corrected chi connectivity index (χ0v) is 17.9. The Bertz CT molecular complexity index is 1210. The lowest BCUT2D eigenvalue weighted by Crippen LogP contribution is -1.99. The number of hydrogen-bond acceptors (Lipinski definition) is 7. The Hall–Kier alpha value is -2.68. The fraction of sp³-hybridized carbons (Fsp3) is 0.0952. The molecule has 0 N–H and O–H groups in total. The summed E-state index contributed by atoms with van der Waals surface area (Å²) in [4.78, 5) is 5.82. The van der Waals surface area contributed by atoms with E-state index in [1.165, 1.54) is 4.70 Å². The Morgan fingerprint density at radius 3 is 2.62 bits per heavy atom. The van der Waals surface area contributed by atoms with Crippen molar-refractivity contribution in [2.75, 3.05) is 7.11 Å². The van der Waals surface area contributed by atoms with E-state index in [1.807, 2.05) is 42.5 Å². The molecule has 29 heavy (non-hydrogen) atoms. The van der Waals surface area contributed by atoms with Gasteiger partial charge in [-0.1, -0.05) is 30.0 Å². The molecule has 0 saturated carbocycles. The molecule has 3 aromatic heterocycles.